The first-order valence-electron chi connectivity index (χ1n) is 6.13. The quantitative estimate of drug-likeness (QED) is 0.625. The van der Waals surface area contributed by atoms with Crippen molar-refractivity contribution < 1.29 is 19.4 Å². The summed E-state index contributed by atoms with van der Waals surface area (Å²) in [7, 11) is 1.74. The number of hydrogen-bond acceptors (Lipinski definition) is 3. The summed E-state index contributed by atoms with van der Waals surface area (Å²) in [6.07, 6.45) is 0.105. The molecule has 0 aliphatic carbocycles. The molecular weight excluding hydrogens is 246 g/mol. The number of amides is 1. The molecule has 1 amide bonds. The van der Waals surface area contributed by atoms with Crippen molar-refractivity contribution in [2.75, 3.05) is 11.9 Å². The average Bonchev–Trinajstić information content (AvgIpc) is 2.40. The first-order valence-corrected chi connectivity index (χ1v) is 6.13. The highest BCUT2D eigenvalue weighted by atomic mass is 16.7. The molecule has 1 N–H and O–H groups in total. The molecule has 1 heterocycles. The second kappa shape index (κ2) is 4.57. The van der Waals surface area contributed by atoms with Gasteiger partial charge in [0.1, 0.15) is 5.75 Å². The summed E-state index contributed by atoms with van der Waals surface area (Å²) >= 11 is 0. The van der Waals surface area contributed by atoms with Crippen LogP contribution in [0.5, 0.6) is 5.75 Å². The van der Waals surface area contributed by atoms with E-state index in [-0.39, 0.29) is 11.7 Å². The number of benzene rings is 1. The molecule has 0 saturated heterocycles. The number of hydrogen-bond donors (Lipinski definition) is 1. The minimum Gasteiger partial charge on any atom is -0.449 e. The molecule has 1 aromatic rings. The summed E-state index contributed by atoms with van der Waals surface area (Å²) in [6, 6.07) is 4.98. The van der Waals surface area contributed by atoms with E-state index in [4.69, 9.17) is 5.11 Å². The second-order valence-corrected chi connectivity index (χ2v) is 5.41. The van der Waals surface area contributed by atoms with E-state index in [1.807, 2.05) is 13.8 Å². The summed E-state index contributed by atoms with van der Waals surface area (Å²) < 4.78 is 4.65. The van der Waals surface area contributed by atoms with Gasteiger partial charge in [0.25, 0.3) is 0 Å². The molecule has 0 spiro atoms. The average molecular weight is 263 g/mol. The number of anilines is 1. The van der Waals surface area contributed by atoms with E-state index in [0.29, 0.717) is 0 Å². The van der Waals surface area contributed by atoms with Gasteiger partial charge in [-0.05, 0) is 36.6 Å². The number of carbonyl (C=O) groups is 2. The molecule has 1 aromatic carbocycles. The smallest absolute Gasteiger partial charge is 0.449 e. The summed E-state index contributed by atoms with van der Waals surface area (Å²) in [5.74, 6) is 0.352. The molecular formula is C14H17NO4. The zero-order chi connectivity index (χ0) is 14.2. The molecule has 0 saturated carbocycles. The van der Waals surface area contributed by atoms with Gasteiger partial charge in [-0.1, -0.05) is 13.8 Å². The van der Waals surface area contributed by atoms with E-state index in [0.717, 1.165) is 24.1 Å². The van der Waals surface area contributed by atoms with Crippen molar-refractivity contribution in [1.29, 1.82) is 0 Å². The topological polar surface area (TPSA) is 66.8 Å². The molecule has 0 atom stereocenters. The van der Waals surface area contributed by atoms with E-state index < -0.39 is 11.6 Å². The van der Waals surface area contributed by atoms with Gasteiger partial charge in [-0.2, -0.15) is 0 Å². The third kappa shape index (κ3) is 2.54. The number of carboxylic acid groups (broad SMARTS) is 1. The molecule has 1 aliphatic heterocycles. The van der Waals surface area contributed by atoms with Gasteiger partial charge in [0.05, 0.1) is 0 Å². The Hall–Kier alpha value is -2.04. The Morgan fingerprint density at radius 2 is 2.11 bits per heavy atom. The van der Waals surface area contributed by atoms with E-state index in [2.05, 4.69) is 4.74 Å². The molecule has 2 rings (SSSR count). The minimum absolute atomic E-state index is 0.0677. The van der Waals surface area contributed by atoms with Gasteiger partial charge in [0, 0.05) is 18.2 Å². The Balaban J connectivity index is 2.40. The summed E-state index contributed by atoms with van der Waals surface area (Å²) in [5, 5.41) is 8.62. The van der Waals surface area contributed by atoms with Crippen molar-refractivity contribution in [3.8, 4) is 5.75 Å². The van der Waals surface area contributed by atoms with Crippen LogP contribution in [0.3, 0.4) is 0 Å². The number of ether oxygens (including phenoxy) is 1. The molecule has 1 aliphatic rings. The van der Waals surface area contributed by atoms with Crippen LogP contribution in [0.1, 0.15) is 25.8 Å². The van der Waals surface area contributed by atoms with Gasteiger partial charge < -0.3 is 14.7 Å². The molecule has 0 aromatic heterocycles. The lowest BCUT2D eigenvalue weighted by molar-refractivity contribution is -0.126. The van der Waals surface area contributed by atoms with Crippen molar-refractivity contribution >= 4 is 17.7 Å². The fraction of sp³-hybridized carbons (Fsp3) is 0.429. The summed E-state index contributed by atoms with van der Waals surface area (Å²) in [6.45, 7) is 3.85. The molecule has 102 valence electrons. The molecule has 5 nitrogen and oxygen atoms in total. The van der Waals surface area contributed by atoms with Crippen molar-refractivity contribution in [3.05, 3.63) is 23.8 Å². The van der Waals surface area contributed by atoms with Gasteiger partial charge in [-0.15, -0.1) is 0 Å². The van der Waals surface area contributed by atoms with Gasteiger partial charge in [0.15, 0.2) is 0 Å². The van der Waals surface area contributed by atoms with Gasteiger partial charge in [-0.25, -0.2) is 4.79 Å². The maximum atomic E-state index is 12.3. The third-order valence-corrected chi connectivity index (χ3v) is 3.52. The molecule has 5 heteroatoms. The number of nitrogens with zero attached hydrogens (tertiary/aromatic N) is 1. The predicted octanol–water partition coefficient (Wildman–Crippen LogP) is 2.68. The number of aryl methyl sites for hydroxylation is 1. The largest absolute Gasteiger partial charge is 0.511 e. The number of carbonyl (C=O) groups excluding carboxylic acids is 1. The van der Waals surface area contributed by atoms with Crippen molar-refractivity contribution in [3.63, 3.8) is 0 Å². The predicted molar refractivity (Wildman–Crippen MR) is 70.6 cm³/mol. The van der Waals surface area contributed by atoms with Gasteiger partial charge in [0.2, 0.25) is 5.91 Å². The zero-order valence-electron chi connectivity index (χ0n) is 11.3. The van der Waals surface area contributed by atoms with Crippen LogP contribution >= 0.6 is 0 Å². The fourth-order valence-electron chi connectivity index (χ4n) is 2.37. The number of fused-ring (bicyclic) bond motifs is 1. The highest BCUT2D eigenvalue weighted by Crippen LogP contribution is 2.36. The van der Waals surface area contributed by atoms with E-state index in [1.54, 1.807) is 30.1 Å². The van der Waals surface area contributed by atoms with E-state index >= 15 is 0 Å². The maximum Gasteiger partial charge on any atom is 0.511 e. The summed E-state index contributed by atoms with van der Waals surface area (Å²) in [4.78, 5) is 24.5. The lowest BCUT2D eigenvalue weighted by Gasteiger charge is -2.26. The first-order chi connectivity index (χ1) is 8.81. The fourth-order valence-corrected chi connectivity index (χ4v) is 2.37. The van der Waals surface area contributed by atoms with E-state index in [1.165, 1.54) is 0 Å². The lowest BCUT2D eigenvalue weighted by atomic mass is 9.86. The SMILES string of the molecule is CN1C(=O)C(C)(C)CCc2cc(OC(=O)O)ccc21. The molecule has 0 bridgehead atoms. The third-order valence-electron chi connectivity index (χ3n) is 3.52. The maximum absolute atomic E-state index is 12.3. The van der Waals surface area contributed by atoms with Crippen molar-refractivity contribution in [1.82, 2.24) is 0 Å². The van der Waals surface area contributed by atoms with Crippen LogP contribution in [0.2, 0.25) is 0 Å². The monoisotopic (exact) mass is 263 g/mol. The minimum atomic E-state index is -1.33. The van der Waals surface area contributed by atoms with Crippen LogP contribution < -0.4 is 9.64 Å². The highest BCUT2D eigenvalue weighted by Gasteiger charge is 2.34. The number of rotatable bonds is 1. The highest BCUT2D eigenvalue weighted by molar-refractivity contribution is 5.98. The Morgan fingerprint density at radius 3 is 2.74 bits per heavy atom. The Labute approximate surface area is 111 Å². The standard InChI is InChI=1S/C14H17NO4/c1-14(2)7-6-9-8-10(19-13(17)18)4-5-11(9)15(3)12(14)16/h4-5,8H,6-7H2,1-3H3,(H,17,18). The normalized spacial score (nSPS) is 17.6. The van der Waals surface area contributed by atoms with Gasteiger partial charge in [-0.3, -0.25) is 4.79 Å². The van der Waals surface area contributed by atoms with Crippen molar-refractivity contribution in [2.45, 2.75) is 26.7 Å². The first kappa shape index (κ1) is 13.4. The Morgan fingerprint density at radius 1 is 1.42 bits per heavy atom. The zero-order valence-corrected chi connectivity index (χ0v) is 11.3. The second-order valence-electron chi connectivity index (χ2n) is 5.41. The molecule has 0 unspecified atom stereocenters. The van der Waals surface area contributed by atoms with Crippen molar-refractivity contribution in [2.24, 2.45) is 5.41 Å². The Bertz CT molecular complexity index is 536. The van der Waals surface area contributed by atoms with Crippen LogP contribution in [0.25, 0.3) is 0 Å². The van der Waals surface area contributed by atoms with Gasteiger partial charge >= 0.3 is 6.16 Å². The van der Waals surface area contributed by atoms with Crippen LogP contribution in [-0.4, -0.2) is 24.2 Å². The van der Waals surface area contributed by atoms with Crippen LogP contribution in [0, 0.1) is 5.41 Å². The molecule has 19 heavy (non-hydrogen) atoms. The molecule has 0 fully saturated rings. The van der Waals surface area contributed by atoms with Crippen LogP contribution in [0.15, 0.2) is 18.2 Å². The van der Waals surface area contributed by atoms with E-state index in [9.17, 15) is 9.59 Å². The molecule has 0 radical (unpaired) electrons. The van der Waals surface area contributed by atoms with Crippen LogP contribution in [-0.2, 0) is 11.2 Å². The lowest BCUT2D eigenvalue weighted by Crippen LogP contribution is -2.37. The Kier molecular flexibility index (Phi) is 3.22. The summed E-state index contributed by atoms with van der Waals surface area (Å²) in [5.41, 5.74) is 1.33. The van der Waals surface area contributed by atoms with Crippen LogP contribution in [0.4, 0.5) is 10.5 Å².